The van der Waals surface area contributed by atoms with Gasteiger partial charge in [0.15, 0.2) is 0 Å². The molecule has 0 saturated heterocycles. The average molecular weight is 294 g/mol. The standard InChI is InChI=1S/C14H22O3S.Na.H/c1-3-5-9-13-10-7-8-11-14(13)18(15,16)17-12-6-4-2;;/h7-8,10-11H,3-6,9,12H2,1-2H3;;/q;+1;-1. The number of rotatable bonds is 8. The first-order chi connectivity index (χ1) is 8.61. The Hall–Kier alpha value is 0.130. The summed E-state index contributed by atoms with van der Waals surface area (Å²) in [5.74, 6) is 0. The van der Waals surface area contributed by atoms with Gasteiger partial charge in [0.1, 0.15) is 0 Å². The first kappa shape index (κ1) is 19.1. The van der Waals surface area contributed by atoms with Crippen molar-refractivity contribution in [2.75, 3.05) is 6.61 Å². The first-order valence-electron chi connectivity index (χ1n) is 6.59. The van der Waals surface area contributed by atoms with Gasteiger partial charge in [-0.05, 0) is 30.9 Å². The minimum atomic E-state index is -3.59. The van der Waals surface area contributed by atoms with Crippen LogP contribution in [0, 0.1) is 0 Å². The Morgan fingerprint density at radius 1 is 1.11 bits per heavy atom. The Labute approximate surface area is 140 Å². The molecule has 0 bridgehead atoms. The van der Waals surface area contributed by atoms with Crippen LogP contribution < -0.4 is 29.6 Å². The van der Waals surface area contributed by atoms with Crippen molar-refractivity contribution in [2.45, 2.75) is 50.8 Å². The molecule has 0 aromatic heterocycles. The summed E-state index contributed by atoms with van der Waals surface area (Å²) in [6, 6.07) is 7.11. The van der Waals surface area contributed by atoms with Gasteiger partial charge < -0.3 is 1.43 Å². The van der Waals surface area contributed by atoms with E-state index in [2.05, 4.69) is 6.92 Å². The molecule has 1 rings (SSSR count). The maximum Gasteiger partial charge on any atom is 1.00 e. The third-order valence-corrected chi connectivity index (χ3v) is 4.19. The second-order valence-electron chi connectivity index (χ2n) is 4.34. The average Bonchev–Trinajstić information content (AvgIpc) is 2.37. The molecule has 104 valence electrons. The van der Waals surface area contributed by atoms with Gasteiger partial charge in [-0.3, -0.25) is 4.18 Å². The van der Waals surface area contributed by atoms with E-state index in [1.807, 2.05) is 19.1 Å². The Bertz CT molecular complexity index is 463. The van der Waals surface area contributed by atoms with Gasteiger partial charge in [-0.25, -0.2) is 0 Å². The van der Waals surface area contributed by atoms with Crippen LogP contribution >= 0.6 is 0 Å². The zero-order valence-corrected chi connectivity index (χ0v) is 15.0. The quantitative estimate of drug-likeness (QED) is 0.402. The molecule has 3 nitrogen and oxygen atoms in total. The maximum absolute atomic E-state index is 12.1. The van der Waals surface area contributed by atoms with E-state index < -0.39 is 10.1 Å². The molecule has 5 heteroatoms. The predicted molar refractivity (Wildman–Crippen MR) is 74.2 cm³/mol. The Morgan fingerprint density at radius 2 is 1.74 bits per heavy atom. The molecule has 0 amide bonds. The molecule has 0 atom stereocenters. The van der Waals surface area contributed by atoms with Gasteiger partial charge in [0.25, 0.3) is 10.1 Å². The summed E-state index contributed by atoms with van der Waals surface area (Å²) < 4.78 is 29.2. The van der Waals surface area contributed by atoms with Crippen LogP contribution in [-0.4, -0.2) is 15.0 Å². The van der Waals surface area contributed by atoms with E-state index in [1.165, 1.54) is 0 Å². The van der Waals surface area contributed by atoms with E-state index in [-0.39, 0.29) is 37.6 Å². The van der Waals surface area contributed by atoms with Gasteiger partial charge in [0, 0.05) is 0 Å². The van der Waals surface area contributed by atoms with Crippen LogP contribution in [0.4, 0.5) is 0 Å². The minimum absolute atomic E-state index is 0. The summed E-state index contributed by atoms with van der Waals surface area (Å²) in [7, 11) is -3.59. The summed E-state index contributed by atoms with van der Waals surface area (Å²) in [5, 5.41) is 0. The van der Waals surface area contributed by atoms with E-state index in [0.717, 1.165) is 37.7 Å². The van der Waals surface area contributed by atoms with Crippen LogP contribution in [0.3, 0.4) is 0 Å². The van der Waals surface area contributed by atoms with Crippen molar-refractivity contribution >= 4 is 10.1 Å². The molecular formula is C14H23NaO3S. The molecule has 0 heterocycles. The Balaban J connectivity index is 0. The second-order valence-corrected chi connectivity index (χ2v) is 5.92. The summed E-state index contributed by atoms with van der Waals surface area (Å²) in [4.78, 5) is 0.328. The fourth-order valence-electron chi connectivity index (χ4n) is 1.70. The molecule has 0 aliphatic rings. The van der Waals surface area contributed by atoms with E-state index in [4.69, 9.17) is 4.18 Å². The molecule has 0 unspecified atom stereocenters. The van der Waals surface area contributed by atoms with Crippen molar-refractivity contribution in [2.24, 2.45) is 0 Å². The van der Waals surface area contributed by atoms with Crippen LogP contribution in [0.1, 0.15) is 46.5 Å². The third kappa shape index (κ3) is 6.41. The fraction of sp³-hybridized carbons (Fsp3) is 0.571. The topological polar surface area (TPSA) is 43.4 Å². The largest absolute Gasteiger partial charge is 1.00 e. The van der Waals surface area contributed by atoms with Crippen molar-refractivity contribution < 1.29 is 43.6 Å². The predicted octanol–water partition coefficient (Wildman–Crippen LogP) is 0.651. The number of aryl methyl sites for hydroxylation is 1. The normalized spacial score (nSPS) is 11.1. The smallest absolute Gasteiger partial charge is 1.00 e. The molecule has 0 spiro atoms. The zero-order valence-electron chi connectivity index (χ0n) is 13.2. The molecule has 0 aliphatic heterocycles. The zero-order chi connectivity index (χ0) is 13.4. The number of benzene rings is 1. The van der Waals surface area contributed by atoms with Gasteiger partial charge >= 0.3 is 29.6 Å². The van der Waals surface area contributed by atoms with Crippen LogP contribution in [0.5, 0.6) is 0 Å². The van der Waals surface area contributed by atoms with Crippen LogP contribution in [0.25, 0.3) is 0 Å². The van der Waals surface area contributed by atoms with Crippen molar-refractivity contribution in [1.29, 1.82) is 0 Å². The Kier molecular flexibility index (Phi) is 10.0. The van der Waals surface area contributed by atoms with Gasteiger partial charge in [-0.2, -0.15) is 8.42 Å². The van der Waals surface area contributed by atoms with Crippen molar-refractivity contribution in [3.05, 3.63) is 29.8 Å². The van der Waals surface area contributed by atoms with Crippen molar-refractivity contribution in [3.63, 3.8) is 0 Å². The fourth-order valence-corrected chi connectivity index (χ4v) is 2.90. The maximum atomic E-state index is 12.1. The summed E-state index contributed by atoms with van der Waals surface area (Å²) in [6.45, 7) is 4.36. The number of hydrogen-bond acceptors (Lipinski definition) is 3. The molecule has 0 saturated carbocycles. The molecule has 0 aliphatic carbocycles. The van der Waals surface area contributed by atoms with Gasteiger partial charge in [0.2, 0.25) is 0 Å². The molecule has 19 heavy (non-hydrogen) atoms. The van der Waals surface area contributed by atoms with E-state index in [0.29, 0.717) is 4.90 Å². The van der Waals surface area contributed by atoms with Crippen LogP contribution in [0.2, 0.25) is 0 Å². The second kappa shape index (κ2) is 9.94. The summed E-state index contributed by atoms with van der Waals surface area (Å²) >= 11 is 0. The molecule has 0 N–H and O–H groups in total. The van der Waals surface area contributed by atoms with Crippen LogP contribution in [0.15, 0.2) is 29.2 Å². The molecule has 0 radical (unpaired) electrons. The SMILES string of the molecule is CCCCOS(=O)(=O)c1ccccc1CCCC.[H-].[Na+]. The number of hydrogen-bond donors (Lipinski definition) is 0. The van der Waals surface area contributed by atoms with Crippen molar-refractivity contribution in [1.82, 2.24) is 0 Å². The Morgan fingerprint density at radius 3 is 2.37 bits per heavy atom. The monoisotopic (exact) mass is 294 g/mol. The van der Waals surface area contributed by atoms with E-state index in [9.17, 15) is 8.42 Å². The van der Waals surface area contributed by atoms with E-state index >= 15 is 0 Å². The van der Waals surface area contributed by atoms with Crippen molar-refractivity contribution in [3.8, 4) is 0 Å². The molecule has 1 aromatic carbocycles. The summed E-state index contributed by atoms with van der Waals surface area (Å²) in [5.41, 5.74) is 0.857. The van der Waals surface area contributed by atoms with E-state index in [1.54, 1.807) is 12.1 Å². The van der Waals surface area contributed by atoms with Gasteiger partial charge in [0.05, 0.1) is 11.5 Å². The van der Waals surface area contributed by atoms with Crippen LogP contribution in [-0.2, 0) is 20.7 Å². The van der Waals surface area contributed by atoms with Gasteiger partial charge in [-0.15, -0.1) is 0 Å². The summed E-state index contributed by atoms with van der Waals surface area (Å²) in [6.07, 6.45) is 4.50. The third-order valence-electron chi connectivity index (χ3n) is 2.78. The minimum Gasteiger partial charge on any atom is -1.00 e. The first-order valence-corrected chi connectivity index (χ1v) is 8.00. The molecule has 1 aromatic rings. The molecule has 0 fully saturated rings. The van der Waals surface area contributed by atoms with Gasteiger partial charge in [-0.1, -0.05) is 44.9 Å². The molecular weight excluding hydrogens is 271 g/mol. The number of unbranched alkanes of at least 4 members (excludes halogenated alkanes) is 2.